The van der Waals surface area contributed by atoms with Gasteiger partial charge in [0, 0.05) is 18.8 Å². The van der Waals surface area contributed by atoms with Gasteiger partial charge >= 0.3 is 0 Å². The summed E-state index contributed by atoms with van der Waals surface area (Å²) in [6.45, 7) is 3.37. The van der Waals surface area contributed by atoms with Gasteiger partial charge < -0.3 is 10.0 Å². The van der Waals surface area contributed by atoms with Crippen LogP contribution in [0.5, 0.6) is 0 Å². The molecular formula is C12H16N2O. The van der Waals surface area contributed by atoms with E-state index < -0.39 is 6.10 Å². The van der Waals surface area contributed by atoms with Crippen molar-refractivity contribution in [2.75, 3.05) is 18.0 Å². The van der Waals surface area contributed by atoms with Crippen LogP contribution in [-0.2, 0) is 0 Å². The number of hydrogen-bond acceptors (Lipinski definition) is 3. The molecule has 0 heterocycles. The molecule has 0 aromatic heterocycles. The van der Waals surface area contributed by atoms with Crippen molar-refractivity contribution in [2.24, 2.45) is 0 Å². The molecule has 1 aromatic rings. The SMILES string of the molecule is CCN(CC(O)CC#N)c1ccccc1. The zero-order chi connectivity index (χ0) is 11.1. The number of anilines is 1. The summed E-state index contributed by atoms with van der Waals surface area (Å²) in [5, 5.41) is 18.0. The Hall–Kier alpha value is -1.53. The van der Waals surface area contributed by atoms with Crippen molar-refractivity contribution in [3.8, 4) is 6.07 Å². The van der Waals surface area contributed by atoms with Gasteiger partial charge in [0.15, 0.2) is 0 Å². The van der Waals surface area contributed by atoms with Gasteiger partial charge in [0.2, 0.25) is 0 Å². The number of rotatable bonds is 5. The summed E-state index contributed by atoms with van der Waals surface area (Å²) in [5.41, 5.74) is 1.08. The first-order valence-corrected chi connectivity index (χ1v) is 5.13. The van der Waals surface area contributed by atoms with E-state index in [1.807, 2.05) is 43.3 Å². The Labute approximate surface area is 90.6 Å². The first-order valence-electron chi connectivity index (χ1n) is 5.13. The Morgan fingerprint density at radius 2 is 2.07 bits per heavy atom. The van der Waals surface area contributed by atoms with Crippen molar-refractivity contribution >= 4 is 5.69 Å². The fourth-order valence-corrected chi connectivity index (χ4v) is 1.48. The standard InChI is InChI=1S/C12H16N2O/c1-2-14(10-12(15)8-9-13)11-6-4-3-5-7-11/h3-7,12,15H,2,8,10H2,1H3. The minimum absolute atomic E-state index is 0.184. The average Bonchev–Trinajstić information content (AvgIpc) is 2.27. The van der Waals surface area contributed by atoms with Crippen LogP contribution < -0.4 is 4.90 Å². The lowest BCUT2D eigenvalue weighted by Crippen LogP contribution is -2.32. The molecule has 0 aliphatic carbocycles. The third-order valence-electron chi connectivity index (χ3n) is 2.26. The maximum absolute atomic E-state index is 9.55. The molecule has 0 spiro atoms. The van der Waals surface area contributed by atoms with Gasteiger partial charge in [-0.25, -0.2) is 0 Å². The summed E-state index contributed by atoms with van der Waals surface area (Å²) >= 11 is 0. The molecule has 3 nitrogen and oxygen atoms in total. The Morgan fingerprint density at radius 3 is 2.60 bits per heavy atom. The number of nitrogens with zero attached hydrogens (tertiary/aromatic N) is 2. The molecule has 0 saturated heterocycles. The monoisotopic (exact) mass is 204 g/mol. The summed E-state index contributed by atoms with van der Waals surface area (Å²) < 4.78 is 0. The van der Waals surface area contributed by atoms with Gasteiger partial charge in [-0.2, -0.15) is 5.26 Å². The van der Waals surface area contributed by atoms with Crippen molar-refractivity contribution in [3.05, 3.63) is 30.3 Å². The molecule has 0 aliphatic rings. The van der Waals surface area contributed by atoms with Crippen LogP contribution in [0.2, 0.25) is 0 Å². The minimum Gasteiger partial charge on any atom is -0.390 e. The molecule has 1 rings (SSSR count). The molecule has 80 valence electrons. The normalized spacial score (nSPS) is 11.8. The van der Waals surface area contributed by atoms with Crippen LogP contribution in [0.25, 0.3) is 0 Å². The molecule has 0 aliphatic heterocycles. The number of benzene rings is 1. The van der Waals surface area contributed by atoms with E-state index >= 15 is 0 Å². The van der Waals surface area contributed by atoms with E-state index in [-0.39, 0.29) is 6.42 Å². The number of aliphatic hydroxyl groups is 1. The van der Waals surface area contributed by atoms with Gasteiger partial charge in [0.25, 0.3) is 0 Å². The molecule has 0 saturated carbocycles. The predicted molar refractivity (Wildman–Crippen MR) is 60.6 cm³/mol. The van der Waals surface area contributed by atoms with Crippen LogP contribution >= 0.6 is 0 Å². The van der Waals surface area contributed by atoms with E-state index in [0.29, 0.717) is 6.54 Å². The highest BCUT2D eigenvalue weighted by molar-refractivity contribution is 5.45. The molecule has 1 N–H and O–H groups in total. The molecule has 0 fully saturated rings. The Bertz CT molecular complexity index is 318. The smallest absolute Gasteiger partial charge is 0.0844 e. The van der Waals surface area contributed by atoms with Crippen LogP contribution in [0.15, 0.2) is 30.3 Å². The summed E-state index contributed by atoms with van der Waals surface area (Å²) in [7, 11) is 0. The number of para-hydroxylation sites is 1. The van der Waals surface area contributed by atoms with E-state index in [0.717, 1.165) is 12.2 Å². The van der Waals surface area contributed by atoms with Crippen molar-refractivity contribution in [3.63, 3.8) is 0 Å². The molecule has 0 amide bonds. The van der Waals surface area contributed by atoms with E-state index in [1.54, 1.807) is 0 Å². The van der Waals surface area contributed by atoms with E-state index in [2.05, 4.69) is 4.90 Å². The van der Waals surface area contributed by atoms with Gasteiger partial charge in [0.05, 0.1) is 18.6 Å². The van der Waals surface area contributed by atoms with Crippen LogP contribution in [0.4, 0.5) is 5.69 Å². The summed E-state index contributed by atoms with van der Waals surface area (Å²) in [4.78, 5) is 2.06. The van der Waals surface area contributed by atoms with Gasteiger partial charge in [-0.15, -0.1) is 0 Å². The molecule has 1 unspecified atom stereocenters. The summed E-state index contributed by atoms with van der Waals surface area (Å²) in [6.07, 6.45) is -0.390. The Kier molecular flexibility index (Phi) is 4.65. The van der Waals surface area contributed by atoms with Crippen molar-refractivity contribution < 1.29 is 5.11 Å². The summed E-state index contributed by atoms with van der Waals surface area (Å²) in [5.74, 6) is 0. The van der Waals surface area contributed by atoms with Crippen molar-refractivity contribution in [1.82, 2.24) is 0 Å². The van der Waals surface area contributed by atoms with Gasteiger partial charge in [0.1, 0.15) is 0 Å². The topological polar surface area (TPSA) is 47.3 Å². The van der Waals surface area contributed by atoms with Crippen LogP contribution in [0.3, 0.4) is 0 Å². The highest BCUT2D eigenvalue weighted by Gasteiger charge is 2.09. The Balaban J connectivity index is 2.61. The number of likely N-dealkylation sites (N-methyl/N-ethyl adjacent to an activating group) is 1. The number of aliphatic hydroxyl groups excluding tert-OH is 1. The molecule has 15 heavy (non-hydrogen) atoms. The fraction of sp³-hybridized carbons (Fsp3) is 0.417. The van der Waals surface area contributed by atoms with Gasteiger partial charge in [-0.05, 0) is 19.1 Å². The lowest BCUT2D eigenvalue weighted by atomic mass is 10.2. The van der Waals surface area contributed by atoms with Crippen molar-refractivity contribution in [1.29, 1.82) is 5.26 Å². The maximum Gasteiger partial charge on any atom is 0.0844 e. The zero-order valence-electron chi connectivity index (χ0n) is 8.93. The van der Waals surface area contributed by atoms with E-state index in [1.165, 1.54) is 0 Å². The highest BCUT2D eigenvalue weighted by atomic mass is 16.3. The van der Waals surface area contributed by atoms with Crippen LogP contribution in [-0.4, -0.2) is 24.3 Å². The highest BCUT2D eigenvalue weighted by Crippen LogP contribution is 2.13. The second-order valence-electron chi connectivity index (χ2n) is 3.39. The quantitative estimate of drug-likeness (QED) is 0.795. The van der Waals surface area contributed by atoms with E-state index in [9.17, 15) is 5.11 Å². The number of nitriles is 1. The predicted octanol–water partition coefficient (Wildman–Crippen LogP) is 1.79. The molecule has 0 bridgehead atoms. The molecule has 3 heteroatoms. The van der Waals surface area contributed by atoms with Crippen LogP contribution in [0, 0.1) is 11.3 Å². The van der Waals surface area contributed by atoms with Gasteiger partial charge in [-0.3, -0.25) is 0 Å². The largest absolute Gasteiger partial charge is 0.390 e. The molecule has 1 aromatic carbocycles. The maximum atomic E-state index is 9.55. The first-order chi connectivity index (χ1) is 7.27. The first kappa shape index (κ1) is 11.5. The molecule has 1 atom stereocenters. The average molecular weight is 204 g/mol. The summed E-state index contributed by atoms with van der Waals surface area (Å²) in [6, 6.07) is 11.9. The minimum atomic E-state index is -0.574. The third-order valence-corrected chi connectivity index (χ3v) is 2.26. The second kappa shape index (κ2) is 6.05. The lowest BCUT2D eigenvalue weighted by molar-refractivity contribution is 0.185. The second-order valence-corrected chi connectivity index (χ2v) is 3.39. The molecular weight excluding hydrogens is 188 g/mol. The molecule has 0 radical (unpaired) electrons. The number of hydrogen-bond donors (Lipinski definition) is 1. The Morgan fingerprint density at radius 1 is 1.40 bits per heavy atom. The van der Waals surface area contributed by atoms with Gasteiger partial charge in [-0.1, -0.05) is 18.2 Å². The zero-order valence-corrected chi connectivity index (χ0v) is 8.93. The lowest BCUT2D eigenvalue weighted by Gasteiger charge is -2.24. The van der Waals surface area contributed by atoms with E-state index in [4.69, 9.17) is 5.26 Å². The third kappa shape index (κ3) is 3.61. The van der Waals surface area contributed by atoms with Crippen LogP contribution in [0.1, 0.15) is 13.3 Å². The van der Waals surface area contributed by atoms with Crippen molar-refractivity contribution in [2.45, 2.75) is 19.4 Å². The fourth-order valence-electron chi connectivity index (χ4n) is 1.48.